The highest BCUT2D eigenvalue weighted by Gasteiger charge is 2.33. The Morgan fingerprint density at radius 2 is 1.77 bits per heavy atom. The number of fused-ring (bicyclic) bond motifs is 1. The highest BCUT2D eigenvalue weighted by Crippen LogP contribution is 2.44. The van der Waals surface area contributed by atoms with E-state index in [-0.39, 0.29) is 5.92 Å². The van der Waals surface area contributed by atoms with E-state index >= 15 is 0 Å². The third-order valence-electron chi connectivity index (χ3n) is 6.41. The number of Topliss-reactive ketones (excluding diaryl/α,β-unsaturated/α-hetero) is 1. The van der Waals surface area contributed by atoms with E-state index in [1.165, 1.54) is 16.3 Å². The van der Waals surface area contributed by atoms with Gasteiger partial charge in [0.05, 0.1) is 7.11 Å². The molecule has 0 aliphatic heterocycles. The summed E-state index contributed by atoms with van der Waals surface area (Å²) in [6, 6.07) is 20.7. The van der Waals surface area contributed by atoms with Crippen molar-refractivity contribution < 1.29 is 14.3 Å². The number of hydrogen-bond donors (Lipinski definition) is 0. The van der Waals surface area contributed by atoms with Crippen LogP contribution in [0.4, 0.5) is 0 Å². The molecule has 0 amide bonds. The van der Waals surface area contributed by atoms with Gasteiger partial charge in [0, 0.05) is 12.8 Å². The van der Waals surface area contributed by atoms with Crippen LogP contribution < -0.4 is 9.47 Å². The number of ether oxygens (including phenoxy) is 2. The molecule has 0 saturated heterocycles. The number of benzene rings is 3. The molecule has 3 heteroatoms. The van der Waals surface area contributed by atoms with Crippen LogP contribution in [0.25, 0.3) is 10.8 Å². The van der Waals surface area contributed by atoms with Gasteiger partial charge >= 0.3 is 0 Å². The van der Waals surface area contributed by atoms with Crippen molar-refractivity contribution in [3.63, 3.8) is 0 Å². The molecule has 0 spiro atoms. The maximum atomic E-state index is 12.4. The molecule has 2 unspecified atom stereocenters. The summed E-state index contributed by atoms with van der Waals surface area (Å²) in [5.74, 6) is 3.40. The highest BCUT2D eigenvalue weighted by molar-refractivity contribution is 5.89. The Hall–Kier alpha value is -2.81. The maximum Gasteiger partial charge on any atom is 0.133 e. The van der Waals surface area contributed by atoms with E-state index in [0.717, 1.165) is 23.5 Å². The third-order valence-corrected chi connectivity index (χ3v) is 6.41. The van der Waals surface area contributed by atoms with Crippen molar-refractivity contribution in [3.8, 4) is 11.5 Å². The molecule has 4 rings (SSSR count). The van der Waals surface area contributed by atoms with E-state index in [1.807, 2.05) is 24.3 Å². The van der Waals surface area contributed by atoms with Crippen LogP contribution in [-0.4, -0.2) is 12.9 Å². The maximum absolute atomic E-state index is 12.4. The first-order valence-corrected chi connectivity index (χ1v) is 10.8. The largest absolute Gasteiger partial charge is 0.497 e. The molecule has 3 aromatic rings. The monoisotopic (exact) mass is 402 g/mol. The van der Waals surface area contributed by atoms with Crippen LogP contribution in [0.3, 0.4) is 0 Å². The molecule has 1 fully saturated rings. The van der Waals surface area contributed by atoms with Gasteiger partial charge in [-0.1, -0.05) is 50.2 Å². The van der Waals surface area contributed by atoms with Gasteiger partial charge in [-0.2, -0.15) is 0 Å². The van der Waals surface area contributed by atoms with Crippen molar-refractivity contribution in [1.29, 1.82) is 0 Å². The van der Waals surface area contributed by atoms with Crippen LogP contribution in [-0.2, 0) is 11.4 Å². The Labute approximate surface area is 179 Å². The normalized spacial score (nSPS) is 19.3. The minimum absolute atomic E-state index is 0.251. The summed E-state index contributed by atoms with van der Waals surface area (Å²) in [5.41, 5.74) is 2.35. The third kappa shape index (κ3) is 4.35. The molecule has 0 N–H and O–H groups in total. The van der Waals surface area contributed by atoms with Gasteiger partial charge in [0.2, 0.25) is 0 Å². The summed E-state index contributed by atoms with van der Waals surface area (Å²) < 4.78 is 11.4. The van der Waals surface area contributed by atoms with Crippen LogP contribution in [0.1, 0.15) is 50.2 Å². The Balaban J connectivity index is 1.67. The molecule has 156 valence electrons. The summed E-state index contributed by atoms with van der Waals surface area (Å²) in [6.45, 7) is 5.05. The van der Waals surface area contributed by atoms with Crippen molar-refractivity contribution in [2.75, 3.05) is 7.11 Å². The summed E-state index contributed by atoms with van der Waals surface area (Å²) in [4.78, 5) is 12.4. The first-order valence-electron chi connectivity index (χ1n) is 10.8. The van der Waals surface area contributed by atoms with E-state index in [4.69, 9.17) is 9.47 Å². The molecule has 0 aromatic heterocycles. The zero-order valence-electron chi connectivity index (χ0n) is 18.1. The first kappa shape index (κ1) is 20.5. The zero-order valence-corrected chi connectivity index (χ0v) is 18.1. The van der Waals surface area contributed by atoms with Gasteiger partial charge in [-0.25, -0.2) is 0 Å². The van der Waals surface area contributed by atoms with E-state index in [1.54, 1.807) is 7.11 Å². The molecule has 30 heavy (non-hydrogen) atoms. The zero-order chi connectivity index (χ0) is 21.1. The van der Waals surface area contributed by atoms with Crippen LogP contribution in [0.2, 0.25) is 0 Å². The van der Waals surface area contributed by atoms with E-state index in [2.05, 4.69) is 50.2 Å². The van der Waals surface area contributed by atoms with Crippen LogP contribution in [0.15, 0.2) is 60.7 Å². The number of ketones is 1. The number of rotatable bonds is 6. The van der Waals surface area contributed by atoms with Gasteiger partial charge in [0.1, 0.15) is 23.9 Å². The van der Waals surface area contributed by atoms with Gasteiger partial charge in [-0.3, -0.25) is 4.79 Å². The minimum atomic E-state index is 0.251. The fraction of sp³-hybridized carbons (Fsp3) is 0.370. The van der Waals surface area contributed by atoms with E-state index in [9.17, 15) is 4.79 Å². The Bertz CT molecular complexity index is 1020. The van der Waals surface area contributed by atoms with Crippen molar-refractivity contribution in [2.24, 2.45) is 11.8 Å². The van der Waals surface area contributed by atoms with Crippen molar-refractivity contribution in [3.05, 3.63) is 71.8 Å². The summed E-state index contributed by atoms with van der Waals surface area (Å²) in [5, 5.41) is 2.40. The van der Waals surface area contributed by atoms with Crippen LogP contribution in [0, 0.1) is 11.8 Å². The number of hydrogen-bond acceptors (Lipinski definition) is 3. The molecule has 3 nitrogen and oxygen atoms in total. The summed E-state index contributed by atoms with van der Waals surface area (Å²) in [6.07, 6.45) is 2.33. The molecule has 1 aliphatic rings. The van der Waals surface area contributed by atoms with E-state index in [0.29, 0.717) is 37.1 Å². The summed E-state index contributed by atoms with van der Waals surface area (Å²) >= 11 is 0. The predicted molar refractivity (Wildman–Crippen MR) is 121 cm³/mol. The SMILES string of the molecule is COc1ccc(COc2cc(C3CC(=O)CCC3C(C)C)c3ccccc3c2)cc1. The van der Waals surface area contributed by atoms with Gasteiger partial charge in [-0.05, 0) is 70.3 Å². The minimum Gasteiger partial charge on any atom is -0.497 e. The van der Waals surface area contributed by atoms with Crippen molar-refractivity contribution in [1.82, 2.24) is 0 Å². The molecule has 0 radical (unpaired) electrons. The predicted octanol–water partition coefficient (Wildman–Crippen LogP) is 6.54. The van der Waals surface area contributed by atoms with Gasteiger partial charge in [0.25, 0.3) is 0 Å². The fourth-order valence-electron chi connectivity index (χ4n) is 4.76. The molecular weight excluding hydrogens is 372 g/mol. The smallest absolute Gasteiger partial charge is 0.133 e. The second-order valence-corrected chi connectivity index (χ2v) is 8.67. The second kappa shape index (κ2) is 8.91. The lowest BCUT2D eigenvalue weighted by Crippen LogP contribution is -2.27. The lowest BCUT2D eigenvalue weighted by molar-refractivity contribution is -0.121. The van der Waals surface area contributed by atoms with Gasteiger partial charge in [-0.15, -0.1) is 0 Å². The fourth-order valence-corrected chi connectivity index (χ4v) is 4.76. The standard InChI is InChI=1S/C27H30O3/c1-18(2)24-13-10-21(28)15-26(24)27-16-23(14-20-6-4-5-7-25(20)27)30-17-19-8-11-22(29-3)12-9-19/h4-9,11-12,14,16,18,24,26H,10,13,15,17H2,1-3H3. The molecule has 1 aliphatic carbocycles. The van der Waals surface area contributed by atoms with E-state index < -0.39 is 0 Å². The molecule has 0 heterocycles. The average molecular weight is 403 g/mol. The molecule has 3 aromatic carbocycles. The molecule has 0 bridgehead atoms. The van der Waals surface area contributed by atoms with Crippen molar-refractivity contribution in [2.45, 2.75) is 45.6 Å². The quantitative estimate of drug-likeness (QED) is 0.470. The lowest BCUT2D eigenvalue weighted by atomic mass is 9.69. The Morgan fingerprint density at radius 3 is 2.50 bits per heavy atom. The number of carbonyl (C=O) groups excluding carboxylic acids is 1. The second-order valence-electron chi connectivity index (χ2n) is 8.67. The Morgan fingerprint density at radius 1 is 1.00 bits per heavy atom. The van der Waals surface area contributed by atoms with Gasteiger partial charge in [0.15, 0.2) is 0 Å². The van der Waals surface area contributed by atoms with Crippen LogP contribution in [0.5, 0.6) is 11.5 Å². The molecule has 2 atom stereocenters. The molecular formula is C27H30O3. The van der Waals surface area contributed by atoms with Crippen LogP contribution >= 0.6 is 0 Å². The topological polar surface area (TPSA) is 35.5 Å². The lowest BCUT2D eigenvalue weighted by Gasteiger charge is -2.35. The average Bonchev–Trinajstić information content (AvgIpc) is 2.77. The number of carbonyl (C=O) groups is 1. The van der Waals surface area contributed by atoms with Crippen molar-refractivity contribution >= 4 is 16.6 Å². The first-order chi connectivity index (χ1) is 14.5. The Kier molecular flexibility index (Phi) is 6.08. The summed E-state index contributed by atoms with van der Waals surface area (Å²) in [7, 11) is 1.67. The van der Waals surface area contributed by atoms with Gasteiger partial charge < -0.3 is 9.47 Å². The number of methoxy groups -OCH3 is 1. The highest BCUT2D eigenvalue weighted by atomic mass is 16.5. The molecule has 1 saturated carbocycles.